The molecule has 0 spiro atoms. The van der Waals surface area contributed by atoms with Crippen molar-refractivity contribution in [3.63, 3.8) is 0 Å². The van der Waals surface area contributed by atoms with E-state index in [4.69, 9.17) is 10.5 Å². The van der Waals surface area contributed by atoms with Crippen LogP contribution in [0.1, 0.15) is 87.3 Å². The summed E-state index contributed by atoms with van der Waals surface area (Å²) in [5, 5.41) is 21.9. The number of carbonyl (C=O) groups excluding carboxylic acids is 5. The first-order chi connectivity index (χ1) is 28.7. The van der Waals surface area contributed by atoms with Gasteiger partial charge in [-0.3, -0.25) is 24.0 Å². The minimum atomic E-state index is -0.944. The number of β-amino-alcohol motifs (C(OH)–C–C–N with tert-alkyl or cyclic N) is 1. The maximum atomic E-state index is 13.9. The number of unbranched alkanes of at least 4 members (excludes halogenated alkanes) is 4. The molecule has 3 aromatic carbocycles. The van der Waals surface area contributed by atoms with Gasteiger partial charge < -0.3 is 41.7 Å². The number of carbonyl (C=O) groups is 5. The van der Waals surface area contributed by atoms with E-state index in [1.165, 1.54) is 4.90 Å². The van der Waals surface area contributed by atoms with Crippen LogP contribution in [0.2, 0.25) is 0 Å². The second-order valence-corrected chi connectivity index (χ2v) is 17.0. The molecule has 1 fully saturated rings. The zero-order valence-electron chi connectivity index (χ0n) is 34.8. The average molecular weight is 840 g/mol. The van der Waals surface area contributed by atoms with Crippen LogP contribution in [0.5, 0.6) is 0 Å². The van der Waals surface area contributed by atoms with Gasteiger partial charge in [0.25, 0.3) is 5.91 Å². The zero-order valence-corrected chi connectivity index (χ0v) is 35.6. The molecule has 0 aliphatic carbocycles. The molecule has 1 aliphatic heterocycles. The molecule has 14 nitrogen and oxygen atoms in total. The highest BCUT2D eigenvalue weighted by molar-refractivity contribution is 7.13. The number of likely N-dealkylation sites (tertiary alicyclic amines) is 1. The molecule has 5 rings (SSSR count). The number of amides is 5. The molecule has 15 heteroatoms. The van der Waals surface area contributed by atoms with Crippen molar-refractivity contribution in [1.29, 1.82) is 0 Å². The van der Waals surface area contributed by atoms with Crippen molar-refractivity contribution in [2.45, 2.75) is 97.4 Å². The maximum Gasteiger partial charge on any atom is 0.255 e. The van der Waals surface area contributed by atoms with Crippen molar-refractivity contribution in [2.24, 2.45) is 5.41 Å². The SMILES string of the molecule is Cc1ncsc1-c1ccc(CNC(=O)[C@@H]2C[C@@H](O)CN2C(=O)[C@@H](NC(=O)COCCCCCCCC(=O)Nc2ccc(C(=O)Nc3ccccc3N)cc2)C(C)(C)C)cc1. The summed E-state index contributed by atoms with van der Waals surface area (Å²) in [6.07, 6.45) is 3.67. The van der Waals surface area contributed by atoms with Gasteiger partial charge in [0.1, 0.15) is 18.7 Å². The first kappa shape index (κ1) is 45.4. The van der Waals surface area contributed by atoms with Gasteiger partial charge in [0, 0.05) is 43.8 Å². The number of aryl methyl sites for hydroxylation is 1. The minimum absolute atomic E-state index is 0.00871. The topological polar surface area (TPSA) is 205 Å². The van der Waals surface area contributed by atoms with Crippen LogP contribution < -0.4 is 27.0 Å². The highest BCUT2D eigenvalue weighted by Crippen LogP contribution is 2.28. The predicted octanol–water partition coefficient (Wildman–Crippen LogP) is 6.06. The van der Waals surface area contributed by atoms with Gasteiger partial charge >= 0.3 is 0 Å². The van der Waals surface area contributed by atoms with Gasteiger partial charge in [0.15, 0.2) is 0 Å². The van der Waals surface area contributed by atoms with Gasteiger partial charge in [0.05, 0.1) is 33.6 Å². The van der Waals surface area contributed by atoms with E-state index < -0.39 is 35.4 Å². The van der Waals surface area contributed by atoms with Crippen molar-refractivity contribution < 1.29 is 33.8 Å². The van der Waals surface area contributed by atoms with Crippen LogP contribution in [0.3, 0.4) is 0 Å². The summed E-state index contributed by atoms with van der Waals surface area (Å²) < 4.78 is 5.63. The lowest BCUT2D eigenvalue weighted by molar-refractivity contribution is -0.144. The number of ether oxygens (including phenoxy) is 1. The molecule has 5 amide bonds. The summed E-state index contributed by atoms with van der Waals surface area (Å²) >= 11 is 1.57. The van der Waals surface area contributed by atoms with Crippen LogP contribution in [0, 0.1) is 12.3 Å². The normalized spacial score (nSPS) is 15.6. The number of rotatable bonds is 19. The summed E-state index contributed by atoms with van der Waals surface area (Å²) in [4.78, 5) is 72.0. The Labute approximate surface area is 355 Å². The van der Waals surface area contributed by atoms with Crippen LogP contribution in [0.25, 0.3) is 10.4 Å². The second kappa shape index (κ2) is 21.6. The quantitative estimate of drug-likeness (QED) is 0.0479. The smallest absolute Gasteiger partial charge is 0.255 e. The number of nitrogens with two attached hydrogens (primary N) is 1. The Kier molecular flexibility index (Phi) is 16.3. The van der Waals surface area contributed by atoms with Gasteiger partial charge in [-0.15, -0.1) is 11.3 Å². The molecule has 60 heavy (non-hydrogen) atoms. The molecule has 0 bridgehead atoms. The van der Waals surface area contributed by atoms with E-state index in [9.17, 15) is 29.1 Å². The van der Waals surface area contributed by atoms with Gasteiger partial charge in [-0.1, -0.05) is 76.4 Å². The highest BCUT2D eigenvalue weighted by Gasteiger charge is 2.44. The number of thiazole rings is 1. The number of hydrogen-bond donors (Lipinski definition) is 6. The van der Waals surface area contributed by atoms with Crippen LogP contribution in [0.15, 0.2) is 78.3 Å². The number of aliphatic hydroxyl groups excluding tert-OH is 1. The van der Waals surface area contributed by atoms with E-state index in [-0.39, 0.29) is 43.8 Å². The number of aromatic nitrogens is 1. The Morgan fingerprint density at radius 2 is 1.62 bits per heavy atom. The second-order valence-electron chi connectivity index (χ2n) is 16.2. The third-order valence-corrected chi connectivity index (χ3v) is 11.3. The van der Waals surface area contributed by atoms with Gasteiger partial charge in [0.2, 0.25) is 23.6 Å². The third-order valence-electron chi connectivity index (χ3n) is 10.3. The Bertz CT molecular complexity index is 2080. The Hall–Kier alpha value is -5.64. The standard InChI is InChI=1S/C45H57N7O7S/c1-29-40(60-28-48-29)31-17-15-30(16-18-31)25-47-43(57)37-24-34(53)26-52(37)44(58)41(45(2,3)4)51-39(55)27-59-23-11-7-5-6-8-14-38(54)49-33-21-19-32(20-22-33)42(56)50-36-13-10-9-12-35(36)46/h9-10,12-13,15-22,28,34,37,41,53H,5-8,11,14,23-27,46H2,1-4H3,(H,47,57)(H,49,54)(H,50,56)(H,51,55)/t34-,37+,41-/m1/s1. The summed E-state index contributed by atoms with van der Waals surface area (Å²) in [5.74, 6) is -1.64. The number of nitrogens with one attached hydrogen (secondary N) is 4. The van der Waals surface area contributed by atoms with Gasteiger partial charge in [-0.2, -0.15) is 0 Å². The molecular weight excluding hydrogens is 783 g/mol. The molecule has 3 atom stereocenters. The lowest BCUT2D eigenvalue weighted by Gasteiger charge is -2.35. The molecule has 1 aliphatic rings. The number of benzene rings is 3. The van der Waals surface area contributed by atoms with E-state index in [1.54, 1.807) is 59.9 Å². The Morgan fingerprint density at radius 3 is 2.30 bits per heavy atom. The van der Waals surface area contributed by atoms with E-state index in [0.29, 0.717) is 35.7 Å². The minimum Gasteiger partial charge on any atom is -0.397 e. The zero-order chi connectivity index (χ0) is 43.2. The number of anilines is 3. The fraction of sp³-hybridized carbons (Fsp3) is 0.422. The molecule has 4 aromatic rings. The summed E-state index contributed by atoms with van der Waals surface area (Å²) in [6.45, 7) is 7.87. The first-order valence-electron chi connectivity index (χ1n) is 20.4. The molecule has 1 saturated heterocycles. The van der Waals surface area contributed by atoms with Crippen LogP contribution in [-0.2, 0) is 30.5 Å². The molecule has 0 unspecified atom stereocenters. The molecule has 0 saturated carbocycles. The summed E-state index contributed by atoms with van der Waals surface area (Å²) in [6, 6.07) is 19.7. The number of aliphatic hydroxyl groups is 1. The van der Waals surface area contributed by atoms with Crippen molar-refractivity contribution in [1.82, 2.24) is 20.5 Å². The number of para-hydroxylation sites is 2. The molecule has 1 aromatic heterocycles. The Morgan fingerprint density at radius 1 is 0.917 bits per heavy atom. The van der Waals surface area contributed by atoms with Crippen molar-refractivity contribution in [3.8, 4) is 10.4 Å². The van der Waals surface area contributed by atoms with Gasteiger partial charge in [-0.25, -0.2) is 4.98 Å². The Balaban J connectivity index is 0.962. The van der Waals surface area contributed by atoms with Crippen molar-refractivity contribution in [2.75, 3.05) is 36.1 Å². The van der Waals surface area contributed by atoms with Gasteiger partial charge in [-0.05, 0) is 72.7 Å². The fourth-order valence-electron chi connectivity index (χ4n) is 6.90. The van der Waals surface area contributed by atoms with Crippen LogP contribution in [0.4, 0.5) is 17.1 Å². The average Bonchev–Trinajstić information content (AvgIpc) is 3.84. The first-order valence-corrected chi connectivity index (χ1v) is 21.3. The third kappa shape index (κ3) is 13.2. The van der Waals surface area contributed by atoms with E-state index in [1.807, 2.05) is 57.5 Å². The number of hydrogen-bond acceptors (Lipinski definition) is 10. The van der Waals surface area contributed by atoms with E-state index in [2.05, 4.69) is 26.3 Å². The summed E-state index contributed by atoms with van der Waals surface area (Å²) in [7, 11) is 0. The van der Waals surface area contributed by atoms with Crippen LogP contribution in [-0.4, -0.2) is 82.5 Å². The predicted molar refractivity (Wildman–Crippen MR) is 234 cm³/mol. The number of nitrogen functional groups attached to an aromatic ring is 1. The molecule has 0 radical (unpaired) electrons. The molecular formula is C45H57N7O7S. The highest BCUT2D eigenvalue weighted by atomic mass is 32.1. The lowest BCUT2D eigenvalue weighted by atomic mass is 9.85. The van der Waals surface area contributed by atoms with Crippen molar-refractivity contribution >= 4 is 57.9 Å². The number of nitrogens with zero attached hydrogens (tertiary/aromatic N) is 2. The fourth-order valence-corrected chi connectivity index (χ4v) is 7.71. The molecule has 320 valence electrons. The molecule has 7 N–H and O–H groups in total. The maximum absolute atomic E-state index is 13.9. The lowest BCUT2D eigenvalue weighted by Crippen LogP contribution is -2.58. The monoisotopic (exact) mass is 839 g/mol. The van der Waals surface area contributed by atoms with Crippen LogP contribution >= 0.6 is 11.3 Å². The molecule has 2 heterocycles. The summed E-state index contributed by atoms with van der Waals surface area (Å²) in [5.41, 5.74) is 12.0. The van der Waals surface area contributed by atoms with E-state index in [0.717, 1.165) is 53.8 Å². The van der Waals surface area contributed by atoms with Crippen molar-refractivity contribution in [3.05, 3.63) is 95.1 Å². The largest absolute Gasteiger partial charge is 0.397 e. The van der Waals surface area contributed by atoms with E-state index >= 15 is 0 Å².